The molecule has 0 aliphatic rings. The van der Waals surface area contributed by atoms with Crippen molar-refractivity contribution in [2.45, 2.75) is 60.0 Å². The van der Waals surface area contributed by atoms with Gasteiger partial charge in [-0.15, -0.1) is 11.3 Å². The van der Waals surface area contributed by atoms with Crippen LogP contribution in [0.1, 0.15) is 84.8 Å². The van der Waals surface area contributed by atoms with Gasteiger partial charge in [0, 0.05) is 30.5 Å². The van der Waals surface area contributed by atoms with Crippen molar-refractivity contribution in [3.8, 4) is 0 Å². The Morgan fingerprint density at radius 1 is 1.05 bits per heavy atom. The molecule has 7 nitrogen and oxygen atoms in total. The van der Waals surface area contributed by atoms with Crippen molar-refractivity contribution in [3.63, 3.8) is 0 Å². The molecule has 0 aliphatic heterocycles. The highest BCUT2D eigenvalue weighted by Gasteiger charge is 2.22. The quantitative estimate of drug-likeness (QED) is 0.179. The molecule has 3 N–H and O–H groups in total. The number of rotatable bonds is 9. The van der Waals surface area contributed by atoms with Crippen LogP contribution in [0.15, 0.2) is 54.6 Å². The zero-order valence-corrected chi connectivity index (χ0v) is 25.4. The molecule has 0 atom stereocenters. The smallest absolute Gasteiger partial charge is 0.265 e. The van der Waals surface area contributed by atoms with Crippen LogP contribution in [-0.2, 0) is 0 Å². The summed E-state index contributed by atoms with van der Waals surface area (Å²) in [5.41, 5.74) is 1.73. The van der Waals surface area contributed by atoms with Crippen LogP contribution in [-0.4, -0.2) is 42.4 Å². The van der Waals surface area contributed by atoms with Crippen LogP contribution >= 0.6 is 22.9 Å². The fraction of sp³-hybridized carbons (Fsp3) is 0.367. The van der Waals surface area contributed by atoms with E-state index >= 15 is 0 Å². The zero-order valence-electron chi connectivity index (χ0n) is 23.8. The molecule has 3 rings (SSSR count). The Kier molecular flexibility index (Phi) is 14.5. The van der Waals surface area contributed by atoms with E-state index in [0.29, 0.717) is 21.2 Å². The lowest BCUT2D eigenvalue weighted by atomic mass is 10.0. The Labute approximate surface area is 241 Å². The SMILES string of the molecule is CC.CC(C)(C)O.CCCCNc1ccc(N(C)C(=O)c2c(C=O)cccc2NC(=O)c2ccc(Cl)s2)cc1. The Morgan fingerprint density at radius 3 is 2.18 bits per heavy atom. The van der Waals surface area contributed by atoms with Gasteiger partial charge >= 0.3 is 0 Å². The largest absolute Gasteiger partial charge is 0.391 e. The second-order valence-corrected chi connectivity index (χ2v) is 11.0. The van der Waals surface area contributed by atoms with Crippen LogP contribution in [0.4, 0.5) is 17.1 Å². The summed E-state index contributed by atoms with van der Waals surface area (Å²) in [5.74, 6) is -0.803. The predicted molar refractivity (Wildman–Crippen MR) is 165 cm³/mol. The van der Waals surface area contributed by atoms with Gasteiger partial charge in [-0.25, -0.2) is 0 Å². The summed E-state index contributed by atoms with van der Waals surface area (Å²) in [6, 6.07) is 15.5. The number of benzene rings is 2. The number of nitrogens with zero attached hydrogens (tertiary/aromatic N) is 1. The molecule has 39 heavy (non-hydrogen) atoms. The maximum absolute atomic E-state index is 13.3. The van der Waals surface area contributed by atoms with E-state index in [1.807, 2.05) is 38.1 Å². The second kappa shape index (κ2) is 16.7. The average molecular weight is 574 g/mol. The van der Waals surface area contributed by atoms with E-state index in [9.17, 15) is 14.4 Å². The molecule has 0 fully saturated rings. The first kappa shape index (κ1) is 33.8. The van der Waals surface area contributed by atoms with Crippen LogP contribution in [0.5, 0.6) is 0 Å². The van der Waals surface area contributed by atoms with Gasteiger partial charge in [0.05, 0.1) is 26.1 Å². The van der Waals surface area contributed by atoms with Crippen LogP contribution in [0.25, 0.3) is 0 Å². The van der Waals surface area contributed by atoms with Crippen LogP contribution < -0.4 is 15.5 Å². The van der Waals surface area contributed by atoms with Gasteiger partial charge in [-0.1, -0.05) is 50.9 Å². The van der Waals surface area contributed by atoms with Gasteiger partial charge in [-0.2, -0.15) is 0 Å². The number of unbranched alkanes of at least 4 members (excludes halogenated alkanes) is 1. The molecule has 3 aromatic rings. The molecule has 1 heterocycles. The average Bonchev–Trinajstić information content (AvgIpc) is 3.35. The second-order valence-electron chi connectivity index (χ2n) is 9.31. The van der Waals surface area contributed by atoms with Gasteiger partial charge in [0.25, 0.3) is 11.8 Å². The Hall–Kier alpha value is -3.20. The molecule has 2 amide bonds. The van der Waals surface area contributed by atoms with E-state index in [4.69, 9.17) is 16.7 Å². The summed E-state index contributed by atoms with van der Waals surface area (Å²) in [7, 11) is 1.63. The fourth-order valence-electron chi connectivity index (χ4n) is 3.13. The number of hydrogen-bond donors (Lipinski definition) is 3. The third-order valence-corrected chi connectivity index (χ3v) is 6.13. The third-order valence-electron chi connectivity index (χ3n) is 4.90. The number of carbonyl (C=O) groups excluding carboxylic acids is 3. The normalized spacial score (nSPS) is 10.3. The lowest BCUT2D eigenvalue weighted by molar-refractivity contribution is 0.0985. The molecular formula is C30H40ClN3O4S. The predicted octanol–water partition coefficient (Wildman–Crippen LogP) is 7.76. The number of nitrogens with one attached hydrogen (secondary N) is 2. The highest BCUT2D eigenvalue weighted by atomic mass is 35.5. The van der Waals surface area contributed by atoms with Crippen LogP contribution in [0, 0.1) is 0 Å². The molecule has 0 saturated heterocycles. The minimum atomic E-state index is -0.500. The van der Waals surface area contributed by atoms with Crippen molar-refractivity contribution in [1.82, 2.24) is 0 Å². The van der Waals surface area contributed by atoms with Gasteiger partial charge in [-0.3, -0.25) is 14.4 Å². The van der Waals surface area contributed by atoms with Gasteiger partial charge < -0.3 is 20.6 Å². The summed E-state index contributed by atoms with van der Waals surface area (Å²) in [6.45, 7) is 12.2. The van der Waals surface area contributed by atoms with E-state index in [2.05, 4.69) is 17.6 Å². The molecule has 0 radical (unpaired) electrons. The fourth-order valence-corrected chi connectivity index (χ4v) is 4.07. The van der Waals surface area contributed by atoms with Gasteiger partial charge in [0.1, 0.15) is 0 Å². The first-order chi connectivity index (χ1) is 18.4. The maximum Gasteiger partial charge on any atom is 0.265 e. The highest BCUT2D eigenvalue weighted by molar-refractivity contribution is 7.18. The molecule has 0 spiro atoms. The molecule has 9 heteroatoms. The molecular weight excluding hydrogens is 534 g/mol. The third kappa shape index (κ3) is 11.6. The number of aliphatic hydroxyl groups is 1. The van der Waals surface area contributed by atoms with E-state index in [-0.39, 0.29) is 16.8 Å². The summed E-state index contributed by atoms with van der Waals surface area (Å²) in [6.07, 6.45) is 2.80. The lowest BCUT2D eigenvalue weighted by Gasteiger charge is -2.21. The van der Waals surface area contributed by atoms with E-state index in [1.165, 1.54) is 4.90 Å². The maximum atomic E-state index is 13.3. The van der Waals surface area contributed by atoms with Gasteiger partial charge in [0.15, 0.2) is 6.29 Å². The standard InChI is InChI=1S/C24H24ClN3O3S.C4H10O.C2H6/c1-3-4-14-26-17-8-10-18(11-9-17)28(2)24(31)22-16(15-29)6-5-7-19(22)27-23(30)20-12-13-21(25)32-20;1-4(2,3)5;1-2/h5-13,15,26H,3-4,14H2,1-2H3,(H,27,30);5H,1-3H3;1-2H3. The number of aldehydes is 1. The van der Waals surface area contributed by atoms with Crippen molar-refractivity contribution >= 4 is 58.1 Å². The summed E-state index contributed by atoms with van der Waals surface area (Å²) in [4.78, 5) is 39.5. The van der Waals surface area contributed by atoms with Crippen molar-refractivity contribution < 1.29 is 19.5 Å². The van der Waals surface area contributed by atoms with Gasteiger partial charge in [-0.05, 0) is 69.7 Å². The number of carbonyl (C=O) groups is 3. The monoisotopic (exact) mass is 573 g/mol. The Morgan fingerprint density at radius 2 is 1.67 bits per heavy atom. The first-order valence-corrected chi connectivity index (χ1v) is 14.1. The molecule has 0 bridgehead atoms. The summed E-state index contributed by atoms with van der Waals surface area (Å²) in [5, 5.41) is 14.6. The topological polar surface area (TPSA) is 98.7 Å². The van der Waals surface area contributed by atoms with E-state index in [1.54, 1.807) is 58.2 Å². The highest BCUT2D eigenvalue weighted by Crippen LogP contribution is 2.27. The minimum absolute atomic E-state index is 0.131. The van der Waals surface area contributed by atoms with E-state index < -0.39 is 17.4 Å². The number of thiophene rings is 1. The zero-order chi connectivity index (χ0) is 29.6. The van der Waals surface area contributed by atoms with Crippen molar-refractivity contribution in [2.75, 3.05) is 29.1 Å². The molecule has 2 aromatic carbocycles. The number of amides is 2. The van der Waals surface area contributed by atoms with Crippen molar-refractivity contribution in [1.29, 1.82) is 0 Å². The van der Waals surface area contributed by atoms with E-state index in [0.717, 1.165) is 36.4 Å². The summed E-state index contributed by atoms with van der Waals surface area (Å²) >= 11 is 7.05. The lowest BCUT2D eigenvalue weighted by Crippen LogP contribution is -2.28. The van der Waals surface area contributed by atoms with Crippen molar-refractivity contribution in [3.05, 3.63) is 74.9 Å². The molecule has 0 aliphatic carbocycles. The first-order valence-electron chi connectivity index (χ1n) is 12.9. The van der Waals surface area contributed by atoms with Crippen LogP contribution in [0.3, 0.4) is 0 Å². The van der Waals surface area contributed by atoms with Crippen LogP contribution in [0.2, 0.25) is 4.34 Å². The van der Waals surface area contributed by atoms with Crippen molar-refractivity contribution in [2.24, 2.45) is 0 Å². The van der Waals surface area contributed by atoms with Gasteiger partial charge in [0.2, 0.25) is 0 Å². The number of hydrogen-bond acceptors (Lipinski definition) is 6. The number of anilines is 3. The molecule has 0 unspecified atom stereocenters. The summed E-state index contributed by atoms with van der Waals surface area (Å²) < 4.78 is 0.487. The minimum Gasteiger partial charge on any atom is -0.391 e. The Balaban J connectivity index is 0.000000975. The molecule has 212 valence electrons. The number of halogens is 1. The molecule has 1 aromatic heterocycles. The molecule has 0 saturated carbocycles. The Bertz CT molecular complexity index is 1200.